The second-order valence-corrected chi connectivity index (χ2v) is 4.10. The third-order valence-electron chi connectivity index (χ3n) is 2.14. The van der Waals surface area contributed by atoms with Gasteiger partial charge in [-0.25, -0.2) is 4.98 Å². The van der Waals surface area contributed by atoms with Crippen molar-refractivity contribution >= 4 is 43.1 Å². The van der Waals surface area contributed by atoms with Gasteiger partial charge in [0.1, 0.15) is 0 Å². The molecular weight excluding hydrogens is 338 g/mol. The Bertz CT molecular complexity index is 521. The highest BCUT2D eigenvalue weighted by Gasteiger charge is 2.08. The van der Waals surface area contributed by atoms with Gasteiger partial charge in [-0.05, 0) is 0 Å². The summed E-state index contributed by atoms with van der Waals surface area (Å²) in [5.74, 6) is 1.29. The lowest BCUT2D eigenvalue weighted by Gasteiger charge is -2.08. The highest BCUT2D eigenvalue weighted by molar-refractivity contribution is 14.1. The van der Waals surface area contributed by atoms with Gasteiger partial charge in [-0.1, -0.05) is 22.6 Å². The van der Waals surface area contributed by atoms with Crippen LogP contribution in [-0.4, -0.2) is 17.1 Å². The molecular formula is C10H10IN2O2P. The molecule has 1 aromatic carbocycles. The molecule has 0 N–H and O–H groups in total. The van der Waals surface area contributed by atoms with Crippen LogP contribution in [0.1, 0.15) is 5.69 Å². The average Bonchev–Trinajstić information content (AvgIpc) is 2.36. The minimum absolute atomic E-state index is 0.636. The molecule has 16 heavy (non-hydrogen) atoms. The SMILES string of the molecule is COc1cc2nc(CI)cnc2cc1OP. The van der Waals surface area contributed by atoms with Crippen molar-refractivity contribution in [3.63, 3.8) is 0 Å². The van der Waals surface area contributed by atoms with Gasteiger partial charge >= 0.3 is 0 Å². The lowest BCUT2D eigenvalue weighted by molar-refractivity contribution is 0.400. The fraction of sp³-hybridized carbons (Fsp3) is 0.200. The standard InChI is InChI=1S/C10H10IN2O2P/c1-14-9-3-8-7(2-10(9)15-16)12-5-6(4-11)13-8/h2-3,5H,4,16H2,1H3. The zero-order valence-electron chi connectivity index (χ0n) is 8.61. The number of benzene rings is 1. The molecule has 0 amide bonds. The third-order valence-corrected chi connectivity index (χ3v) is 3.18. The number of nitrogens with zero attached hydrogens (tertiary/aromatic N) is 2. The van der Waals surface area contributed by atoms with Gasteiger partial charge in [0.2, 0.25) is 0 Å². The predicted octanol–water partition coefficient (Wildman–Crippen LogP) is 2.74. The molecule has 84 valence electrons. The van der Waals surface area contributed by atoms with Crippen LogP contribution in [0.2, 0.25) is 0 Å². The molecule has 0 saturated heterocycles. The molecule has 1 aromatic heterocycles. The fourth-order valence-corrected chi connectivity index (χ4v) is 1.93. The maximum atomic E-state index is 5.21. The van der Waals surface area contributed by atoms with E-state index in [0.717, 1.165) is 21.2 Å². The van der Waals surface area contributed by atoms with Crippen LogP contribution in [0.15, 0.2) is 18.3 Å². The summed E-state index contributed by atoms with van der Waals surface area (Å²) in [6, 6.07) is 3.64. The number of hydrogen-bond acceptors (Lipinski definition) is 4. The Morgan fingerprint density at radius 2 is 2.06 bits per heavy atom. The van der Waals surface area contributed by atoms with Crippen LogP contribution in [-0.2, 0) is 4.43 Å². The molecule has 0 aliphatic rings. The van der Waals surface area contributed by atoms with E-state index in [9.17, 15) is 0 Å². The predicted molar refractivity (Wildman–Crippen MR) is 74.2 cm³/mol. The number of ether oxygens (including phenoxy) is 1. The van der Waals surface area contributed by atoms with Gasteiger partial charge in [0.25, 0.3) is 0 Å². The van der Waals surface area contributed by atoms with Crippen LogP contribution >= 0.6 is 32.1 Å². The van der Waals surface area contributed by atoms with Crippen LogP contribution in [0, 0.1) is 0 Å². The number of fused-ring (bicyclic) bond motifs is 1. The molecule has 0 aliphatic heterocycles. The zero-order chi connectivity index (χ0) is 11.5. The molecule has 0 radical (unpaired) electrons. The minimum atomic E-state index is 0.636. The third kappa shape index (κ3) is 2.20. The Morgan fingerprint density at radius 3 is 2.69 bits per heavy atom. The molecule has 2 aromatic rings. The fourth-order valence-electron chi connectivity index (χ4n) is 1.38. The summed E-state index contributed by atoms with van der Waals surface area (Å²) < 4.78 is 11.2. The number of halogens is 1. The van der Waals surface area contributed by atoms with Crippen molar-refractivity contribution in [2.45, 2.75) is 4.43 Å². The Kier molecular flexibility index (Phi) is 3.76. The molecule has 1 atom stereocenters. The molecule has 0 saturated carbocycles. The van der Waals surface area contributed by atoms with E-state index < -0.39 is 0 Å². The second kappa shape index (κ2) is 5.10. The second-order valence-electron chi connectivity index (χ2n) is 3.10. The normalized spacial score (nSPS) is 10.4. The van der Waals surface area contributed by atoms with Gasteiger partial charge in [0.15, 0.2) is 11.5 Å². The van der Waals surface area contributed by atoms with E-state index in [-0.39, 0.29) is 0 Å². The van der Waals surface area contributed by atoms with Crippen LogP contribution in [0.4, 0.5) is 0 Å². The molecule has 0 fully saturated rings. The van der Waals surface area contributed by atoms with E-state index in [1.165, 1.54) is 0 Å². The summed E-state index contributed by atoms with van der Waals surface area (Å²) >= 11 is 2.26. The number of rotatable bonds is 3. The minimum Gasteiger partial charge on any atom is -0.493 e. The van der Waals surface area contributed by atoms with Crippen molar-refractivity contribution in [3.05, 3.63) is 24.0 Å². The first-order valence-corrected chi connectivity index (χ1v) is 6.54. The monoisotopic (exact) mass is 348 g/mol. The van der Waals surface area contributed by atoms with Crippen LogP contribution < -0.4 is 9.26 Å². The number of hydrogen-bond donors (Lipinski definition) is 0. The van der Waals surface area contributed by atoms with Gasteiger partial charge in [-0.2, -0.15) is 0 Å². The van der Waals surface area contributed by atoms with Crippen molar-refractivity contribution < 1.29 is 9.26 Å². The maximum absolute atomic E-state index is 5.21. The van der Waals surface area contributed by atoms with Crippen molar-refractivity contribution in [3.8, 4) is 11.5 Å². The van der Waals surface area contributed by atoms with E-state index >= 15 is 0 Å². The van der Waals surface area contributed by atoms with E-state index in [1.54, 1.807) is 13.3 Å². The topological polar surface area (TPSA) is 44.2 Å². The van der Waals surface area contributed by atoms with E-state index in [1.807, 2.05) is 12.1 Å². The molecule has 1 heterocycles. The Hall–Kier alpha value is -0.680. The average molecular weight is 348 g/mol. The van der Waals surface area contributed by atoms with E-state index in [2.05, 4.69) is 42.0 Å². The van der Waals surface area contributed by atoms with Crippen molar-refractivity contribution in [1.29, 1.82) is 0 Å². The Labute approximate surface area is 109 Å². The van der Waals surface area contributed by atoms with E-state index in [4.69, 9.17) is 9.26 Å². The number of alkyl halides is 1. The van der Waals surface area contributed by atoms with Crippen molar-refractivity contribution in [1.82, 2.24) is 9.97 Å². The van der Waals surface area contributed by atoms with Gasteiger partial charge in [0, 0.05) is 22.8 Å². The Morgan fingerprint density at radius 1 is 1.31 bits per heavy atom. The molecule has 0 spiro atoms. The summed E-state index contributed by atoms with van der Waals surface area (Å²) in [5, 5.41) is 0. The van der Waals surface area contributed by atoms with Crippen molar-refractivity contribution in [2.24, 2.45) is 0 Å². The first-order chi connectivity index (χ1) is 7.78. The smallest absolute Gasteiger partial charge is 0.166 e. The summed E-state index contributed by atoms with van der Waals surface area (Å²) in [7, 11) is 3.80. The first kappa shape index (κ1) is 11.8. The summed E-state index contributed by atoms with van der Waals surface area (Å²) in [6.45, 7) is 0. The first-order valence-electron chi connectivity index (χ1n) is 4.55. The molecule has 4 nitrogen and oxygen atoms in total. The van der Waals surface area contributed by atoms with Crippen LogP contribution in [0.5, 0.6) is 11.5 Å². The lowest BCUT2D eigenvalue weighted by Crippen LogP contribution is -1.93. The quantitative estimate of drug-likeness (QED) is 0.486. The summed E-state index contributed by atoms with van der Waals surface area (Å²) in [4.78, 5) is 8.79. The zero-order valence-corrected chi connectivity index (χ0v) is 11.9. The summed E-state index contributed by atoms with van der Waals surface area (Å²) in [5.41, 5.74) is 2.57. The molecule has 0 bridgehead atoms. The van der Waals surface area contributed by atoms with Gasteiger partial charge < -0.3 is 9.26 Å². The van der Waals surface area contributed by atoms with Crippen LogP contribution in [0.3, 0.4) is 0 Å². The molecule has 2 rings (SSSR count). The summed E-state index contributed by atoms with van der Waals surface area (Å²) in [6.07, 6.45) is 1.77. The highest BCUT2D eigenvalue weighted by Crippen LogP contribution is 2.32. The van der Waals surface area contributed by atoms with Crippen molar-refractivity contribution in [2.75, 3.05) is 7.11 Å². The van der Waals surface area contributed by atoms with Gasteiger partial charge in [-0.3, -0.25) is 4.98 Å². The largest absolute Gasteiger partial charge is 0.493 e. The highest BCUT2D eigenvalue weighted by atomic mass is 127. The maximum Gasteiger partial charge on any atom is 0.166 e. The number of methoxy groups -OCH3 is 1. The Balaban J connectivity index is 2.63. The molecule has 6 heteroatoms. The van der Waals surface area contributed by atoms with Gasteiger partial charge in [0.05, 0.1) is 33.3 Å². The number of aromatic nitrogens is 2. The molecule has 1 unspecified atom stereocenters. The van der Waals surface area contributed by atoms with E-state index in [0.29, 0.717) is 11.5 Å². The van der Waals surface area contributed by atoms with Crippen LogP contribution in [0.25, 0.3) is 11.0 Å². The lowest BCUT2D eigenvalue weighted by atomic mass is 10.2. The van der Waals surface area contributed by atoms with Gasteiger partial charge in [-0.15, -0.1) is 0 Å². The molecule has 0 aliphatic carbocycles.